The predicted molar refractivity (Wildman–Crippen MR) is 63.1 cm³/mol. The molecular weight excluding hydrogens is 277 g/mol. The van der Waals surface area contributed by atoms with Gasteiger partial charge < -0.3 is 5.73 Å². The van der Waals surface area contributed by atoms with Crippen molar-refractivity contribution in [1.29, 1.82) is 0 Å². The van der Waals surface area contributed by atoms with Crippen molar-refractivity contribution in [3.05, 3.63) is 51.8 Å². The molecule has 0 bridgehead atoms. The smallest absolute Gasteiger partial charge is 0.325 e. The van der Waals surface area contributed by atoms with E-state index in [1.54, 1.807) is 0 Å². The van der Waals surface area contributed by atoms with Crippen LogP contribution in [0.1, 0.15) is 11.3 Å². The van der Waals surface area contributed by atoms with E-state index >= 15 is 0 Å². The van der Waals surface area contributed by atoms with E-state index in [0.29, 0.717) is 11.8 Å². The Morgan fingerprint density at radius 2 is 2.05 bits per heavy atom. The van der Waals surface area contributed by atoms with Crippen molar-refractivity contribution in [2.24, 2.45) is 5.73 Å². The molecule has 0 saturated carbocycles. The Morgan fingerprint density at radius 3 is 2.55 bits per heavy atom. The zero-order valence-corrected chi connectivity index (χ0v) is 9.96. The molecule has 2 N–H and O–H groups in total. The third kappa shape index (κ3) is 2.62. The number of nitro benzene ring substituents is 1. The van der Waals surface area contributed by atoms with Crippen LogP contribution < -0.4 is 5.73 Å². The van der Waals surface area contributed by atoms with E-state index in [1.165, 1.54) is 12.3 Å². The molecule has 6 nitrogen and oxygen atoms in total. The first-order chi connectivity index (χ1) is 9.32. The number of nitro groups is 1. The summed E-state index contributed by atoms with van der Waals surface area (Å²) in [5.41, 5.74) is 4.02. The summed E-state index contributed by atoms with van der Waals surface area (Å²) in [6.45, 7) is 0.126. The fourth-order valence-electron chi connectivity index (χ4n) is 1.64. The van der Waals surface area contributed by atoms with Crippen LogP contribution in [-0.4, -0.2) is 14.7 Å². The second kappa shape index (κ2) is 4.93. The van der Waals surface area contributed by atoms with Crippen molar-refractivity contribution in [1.82, 2.24) is 9.78 Å². The number of nitrogens with two attached hydrogens (primary N) is 1. The van der Waals surface area contributed by atoms with Gasteiger partial charge in [-0.3, -0.25) is 10.1 Å². The van der Waals surface area contributed by atoms with Gasteiger partial charge in [-0.2, -0.15) is 18.3 Å². The van der Waals surface area contributed by atoms with Crippen LogP contribution in [0.2, 0.25) is 0 Å². The van der Waals surface area contributed by atoms with Gasteiger partial charge in [-0.25, -0.2) is 4.68 Å². The van der Waals surface area contributed by atoms with Crippen LogP contribution in [0.25, 0.3) is 5.69 Å². The fourth-order valence-corrected chi connectivity index (χ4v) is 1.64. The molecule has 2 aromatic rings. The monoisotopic (exact) mass is 286 g/mol. The van der Waals surface area contributed by atoms with Gasteiger partial charge in [0.05, 0.1) is 16.2 Å². The van der Waals surface area contributed by atoms with E-state index in [0.717, 1.165) is 16.8 Å². The number of rotatable bonds is 3. The lowest BCUT2D eigenvalue weighted by Gasteiger charge is -2.08. The third-order valence-electron chi connectivity index (χ3n) is 2.60. The summed E-state index contributed by atoms with van der Waals surface area (Å²) < 4.78 is 38.8. The number of aromatic nitrogens is 2. The third-order valence-corrected chi connectivity index (χ3v) is 2.60. The van der Waals surface area contributed by atoms with Crippen LogP contribution in [0.5, 0.6) is 0 Å². The Morgan fingerprint density at radius 1 is 1.35 bits per heavy atom. The summed E-state index contributed by atoms with van der Waals surface area (Å²) in [6.07, 6.45) is -3.24. The van der Waals surface area contributed by atoms with Gasteiger partial charge in [-0.15, -0.1) is 0 Å². The average Bonchev–Trinajstić information content (AvgIpc) is 2.85. The first-order valence-corrected chi connectivity index (χ1v) is 5.43. The number of hydrogen-bond donors (Lipinski definition) is 1. The standard InChI is InChI=1S/C11H9F3N4O2/c12-11(13,14)7-1-2-9(10(5-7)18(19)20)17-4-3-8(6-15)16-17/h1-5H,6,15H2. The molecule has 0 aliphatic heterocycles. The molecule has 0 unspecified atom stereocenters. The molecule has 0 aliphatic carbocycles. The number of nitrogens with zero attached hydrogens (tertiary/aromatic N) is 3. The SMILES string of the molecule is NCc1ccn(-c2ccc(C(F)(F)F)cc2[N+](=O)[O-])n1. The van der Waals surface area contributed by atoms with Crippen molar-refractivity contribution in [3.63, 3.8) is 0 Å². The van der Waals surface area contributed by atoms with Crippen LogP contribution in [0, 0.1) is 10.1 Å². The summed E-state index contributed by atoms with van der Waals surface area (Å²) in [4.78, 5) is 10.0. The molecule has 1 aromatic heterocycles. The summed E-state index contributed by atoms with van der Waals surface area (Å²) in [7, 11) is 0. The van der Waals surface area contributed by atoms with E-state index in [4.69, 9.17) is 5.73 Å². The van der Waals surface area contributed by atoms with Gasteiger partial charge in [-0.05, 0) is 18.2 Å². The zero-order valence-electron chi connectivity index (χ0n) is 9.96. The minimum Gasteiger partial charge on any atom is -0.325 e. The number of hydrogen-bond acceptors (Lipinski definition) is 4. The van der Waals surface area contributed by atoms with E-state index in [1.807, 2.05) is 0 Å². The Kier molecular flexibility index (Phi) is 3.45. The maximum absolute atomic E-state index is 12.6. The molecule has 0 radical (unpaired) electrons. The van der Waals surface area contributed by atoms with Crippen molar-refractivity contribution in [3.8, 4) is 5.69 Å². The molecule has 0 saturated heterocycles. The van der Waals surface area contributed by atoms with E-state index in [2.05, 4.69) is 5.10 Å². The molecule has 0 amide bonds. The molecular formula is C11H9F3N4O2. The van der Waals surface area contributed by atoms with E-state index in [-0.39, 0.29) is 12.2 Å². The minimum atomic E-state index is -4.64. The van der Waals surface area contributed by atoms with Crippen LogP contribution in [0.15, 0.2) is 30.5 Å². The maximum atomic E-state index is 12.6. The molecule has 1 heterocycles. The quantitative estimate of drug-likeness (QED) is 0.692. The first kappa shape index (κ1) is 14.0. The lowest BCUT2D eigenvalue weighted by molar-refractivity contribution is -0.384. The molecule has 0 atom stereocenters. The van der Waals surface area contributed by atoms with Crippen LogP contribution in [0.4, 0.5) is 18.9 Å². The highest BCUT2D eigenvalue weighted by atomic mass is 19.4. The van der Waals surface area contributed by atoms with Gasteiger partial charge >= 0.3 is 6.18 Å². The van der Waals surface area contributed by atoms with E-state index < -0.39 is 22.4 Å². The van der Waals surface area contributed by atoms with Crippen molar-refractivity contribution < 1.29 is 18.1 Å². The molecule has 0 fully saturated rings. The van der Waals surface area contributed by atoms with Gasteiger partial charge in [0.25, 0.3) is 5.69 Å². The van der Waals surface area contributed by atoms with Crippen LogP contribution in [0.3, 0.4) is 0 Å². The van der Waals surface area contributed by atoms with Gasteiger partial charge in [0.1, 0.15) is 5.69 Å². The number of halogens is 3. The summed E-state index contributed by atoms with van der Waals surface area (Å²) in [5.74, 6) is 0. The highest BCUT2D eigenvalue weighted by molar-refractivity contribution is 5.54. The largest absolute Gasteiger partial charge is 0.416 e. The van der Waals surface area contributed by atoms with Gasteiger partial charge in [0.2, 0.25) is 0 Å². The number of benzene rings is 1. The molecule has 1 aromatic carbocycles. The van der Waals surface area contributed by atoms with Crippen molar-refractivity contribution >= 4 is 5.69 Å². The lowest BCUT2D eigenvalue weighted by atomic mass is 10.1. The maximum Gasteiger partial charge on any atom is 0.416 e. The Balaban J connectivity index is 2.56. The molecule has 2 rings (SSSR count). The number of alkyl halides is 3. The second-order valence-electron chi connectivity index (χ2n) is 3.91. The summed E-state index contributed by atoms with van der Waals surface area (Å²) >= 11 is 0. The molecule has 0 spiro atoms. The summed E-state index contributed by atoms with van der Waals surface area (Å²) in [6, 6.07) is 3.79. The normalized spacial score (nSPS) is 11.6. The average molecular weight is 286 g/mol. The second-order valence-corrected chi connectivity index (χ2v) is 3.91. The van der Waals surface area contributed by atoms with E-state index in [9.17, 15) is 23.3 Å². The molecule has 9 heteroatoms. The molecule has 0 aliphatic rings. The first-order valence-electron chi connectivity index (χ1n) is 5.43. The van der Waals surface area contributed by atoms with Gasteiger partial charge in [-0.1, -0.05) is 0 Å². The highest BCUT2D eigenvalue weighted by Gasteiger charge is 2.33. The Hall–Kier alpha value is -2.42. The fraction of sp³-hybridized carbons (Fsp3) is 0.182. The van der Waals surface area contributed by atoms with Crippen LogP contribution in [-0.2, 0) is 12.7 Å². The molecule has 20 heavy (non-hydrogen) atoms. The summed E-state index contributed by atoms with van der Waals surface area (Å²) in [5, 5.41) is 14.9. The van der Waals surface area contributed by atoms with Crippen molar-refractivity contribution in [2.45, 2.75) is 12.7 Å². The minimum absolute atomic E-state index is 0.0531. The predicted octanol–water partition coefficient (Wildman–Crippen LogP) is 2.26. The van der Waals surface area contributed by atoms with Crippen LogP contribution >= 0.6 is 0 Å². The Labute approximate surface area is 110 Å². The Bertz CT molecular complexity index is 651. The lowest BCUT2D eigenvalue weighted by Crippen LogP contribution is -2.08. The van der Waals surface area contributed by atoms with Gasteiger partial charge in [0.15, 0.2) is 0 Å². The highest BCUT2D eigenvalue weighted by Crippen LogP contribution is 2.34. The molecule has 106 valence electrons. The zero-order chi connectivity index (χ0) is 14.9. The van der Waals surface area contributed by atoms with Gasteiger partial charge in [0, 0.05) is 18.8 Å². The topological polar surface area (TPSA) is 87.0 Å². The van der Waals surface area contributed by atoms with Crippen molar-refractivity contribution in [2.75, 3.05) is 0 Å².